The molecule has 16 heavy (non-hydrogen) atoms. The molecule has 2 N–H and O–H groups in total. The van der Waals surface area contributed by atoms with Gasteiger partial charge in [0.15, 0.2) is 0 Å². The van der Waals surface area contributed by atoms with Crippen LogP contribution in [0.5, 0.6) is 0 Å². The van der Waals surface area contributed by atoms with Gasteiger partial charge in [0, 0.05) is 13.0 Å². The van der Waals surface area contributed by atoms with Gasteiger partial charge in [-0.25, -0.2) is 0 Å². The molecule has 0 saturated carbocycles. The molecule has 0 aromatic rings. The highest BCUT2D eigenvalue weighted by Gasteiger charge is 2.11. The van der Waals surface area contributed by atoms with Crippen LogP contribution >= 0.6 is 0 Å². The number of nitrogens with one attached hydrogen (secondary N) is 1. The van der Waals surface area contributed by atoms with Gasteiger partial charge in [0.2, 0.25) is 5.91 Å². The van der Waals surface area contributed by atoms with E-state index in [1.165, 1.54) is 0 Å². The van der Waals surface area contributed by atoms with E-state index in [1.54, 1.807) is 0 Å². The molecule has 0 rings (SSSR count). The van der Waals surface area contributed by atoms with E-state index in [9.17, 15) is 9.59 Å². The number of carbonyl (C=O) groups is 2. The van der Waals surface area contributed by atoms with Crippen LogP contribution in [0.3, 0.4) is 0 Å². The van der Waals surface area contributed by atoms with Crippen LogP contribution in [-0.4, -0.2) is 23.5 Å². The monoisotopic (exact) mass is 229 g/mol. The zero-order valence-electron chi connectivity index (χ0n) is 10.3. The number of amides is 1. The minimum atomic E-state index is -0.877. The lowest BCUT2D eigenvalue weighted by atomic mass is 9.95. The standard InChI is InChI=1S/C12H23NO3/c1-3-5-6-10(4-2)9-11(14)13-8-7-12(15)16/h10H,3-9H2,1-2H3,(H,13,14)(H,15,16). The first-order chi connectivity index (χ1) is 7.60. The molecule has 0 saturated heterocycles. The van der Waals surface area contributed by atoms with Crippen LogP contribution in [0, 0.1) is 5.92 Å². The molecule has 0 aliphatic carbocycles. The zero-order chi connectivity index (χ0) is 12.4. The average molecular weight is 229 g/mol. The highest BCUT2D eigenvalue weighted by Crippen LogP contribution is 2.16. The number of carboxylic acid groups (broad SMARTS) is 1. The minimum absolute atomic E-state index is 0.00249. The van der Waals surface area contributed by atoms with E-state index in [0.717, 1.165) is 25.7 Å². The Balaban J connectivity index is 3.69. The third-order valence-electron chi connectivity index (χ3n) is 2.68. The van der Waals surface area contributed by atoms with Crippen molar-refractivity contribution in [3.05, 3.63) is 0 Å². The second kappa shape index (κ2) is 9.19. The van der Waals surface area contributed by atoms with Gasteiger partial charge in [-0.15, -0.1) is 0 Å². The fourth-order valence-electron chi connectivity index (χ4n) is 1.59. The highest BCUT2D eigenvalue weighted by molar-refractivity contribution is 5.76. The van der Waals surface area contributed by atoms with E-state index in [-0.39, 0.29) is 18.9 Å². The van der Waals surface area contributed by atoms with Crippen LogP contribution in [-0.2, 0) is 9.59 Å². The van der Waals surface area contributed by atoms with Crippen molar-refractivity contribution in [1.29, 1.82) is 0 Å². The summed E-state index contributed by atoms with van der Waals surface area (Å²) in [5.41, 5.74) is 0. The smallest absolute Gasteiger partial charge is 0.305 e. The van der Waals surface area contributed by atoms with Gasteiger partial charge in [-0.2, -0.15) is 0 Å². The van der Waals surface area contributed by atoms with Gasteiger partial charge in [-0.1, -0.05) is 33.1 Å². The van der Waals surface area contributed by atoms with Crippen LogP contribution < -0.4 is 5.32 Å². The minimum Gasteiger partial charge on any atom is -0.481 e. The first kappa shape index (κ1) is 14.9. The number of hydrogen-bond acceptors (Lipinski definition) is 2. The maximum Gasteiger partial charge on any atom is 0.305 e. The number of carboxylic acids is 1. The lowest BCUT2D eigenvalue weighted by molar-refractivity contribution is -0.136. The summed E-state index contributed by atoms with van der Waals surface area (Å²) in [5.74, 6) is -0.465. The Bertz CT molecular complexity index is 216. The predicted molar refractivity (Wildman–Crippen MR) is 63.2 cm³/mol. The Morgan fingerprint density at radius 3 is 2.50 bits per heavy atom. The molecule has 0 aliphatic heterocycles. The summed E-state index contributed by atoms with van der Waals surface area (Å²) < 4.78 is 0. The molecular formula is C12H23NO3. The van der Waals surface area contributed by atoms with Crippen molar-refractivity contribution in [3.63, 3.8) is 0 Å². The summed E-state index contributed by atoms with van der Waals surface area (Å²) in [6, 6.07) is 0. The van der Waals surface area contributed by atoms with Crippen molar-refractivity contribution >= 4 is 11.9 Å². The molecule has 4 nitrogen and oxygen atoms in total. The van der Waals surface area contributed by atoms with Crippen LogP contribution in [0.1, 0.15) is 52.4 Å². The number of unbranched alkanes of at least 4 members (excludes halogenated alkanes) is 1. The summed E-state index contributed by atoms with van der Waals surface area (Å²) in [6.45, 7) is 4.46. The Kier molecular flexibility index (Phi) is 8.58. The van der Waals surface area contributed by atoms with Crippen molar-refractivity contribution in [3.8, 4) is 0 Å². The lowest BCUT2D eigenvalue weighted by Gasteiger charge is -2.13. The Labute approximate surface area is 97.4 Å². The Morgan fingerprint density at radius 2 is 2.00 bits per heavy atom. The third kappa shape index (κ3) is 8.26. The normalized spacial score (nSPS) is 12.1. The summed E-state index contributed by atoms with van der Waals surface area (Å²) >= 11 is 0. The molecule has 0 radical (unpaired) electrons. The maximum absolute atomic E-state index is 11.5. The van der Waals surface area contributed by atoms with Gasteiger partial charge < -0.3 is 10.4 Å². The largest absolute Gasteiger partial charge is 0.481 e. The van der Waals surface area contributed by atoms with Gasteiger partial charge in [-0.3, -0.25) is 9.59 Å². The molecule has 94 valence electrons. The van der Waals surface area contributed by atoms with Crippen molar-refractivity contribution in [1.82, 2.24) is 5.32 Å². The Hall–Kier alpha value is -1.06. The molecule has 0 fully saturated rings. The number of rotatable bonds is 9. The van der Waals surface area contributed by atoms with Crippen LogP contribution in [0.25, 0.3) is 0 Å². The molecule has 1 unspecified atom stereocenters. The Morgan fingerprint density at radius 1 is 1.31 bits per heavy atom. The summed E-state index contributed by atoms with van der Waals surface area (Å²) in [4.78, 5) is 21.7. The first-order valence-electron chi connectivity index (χ1n) is 6.08. The van der Waals surface area contributed by atoms with Crippen LogP contribution in [0.15, 0.2) is 0 Å². The molecule has 0 aromatic heterocycles. The summed E-state index contributed by atoms with van der Waals surface area (Å²) in [6.07, 6.45) is 4.91. The van der Waals surface area contributed by atoms with Gasteiger partial charge in [0.25, 0.3) is 0 Å². The predicted octanol–water partition coefficient (Wildman–Crippen LogP) is 2.18. The second-order valence-corrected chi connectivity index (χ2v) is 4.11. The molecule has 0 bridgehead atoms. The fraction of sp³-hybridized carbons (Fsp3) is 0.833. The van der Waals surface area contributed by atoms with Crippen molar-refractivity contribution in [2.75, 3.05) is 6.54 Å². The maximum atomic E-state index is 11.5. The molecule has 1 atom stereocenters. The molecule has 0 aromatic carbocycles. The highest BCUT2D eigenvalue weighted by atomic mass is 16.4. The van der Waals surface area contributed by atoms with Gasteiger partial charge in [0.1, 0.15) is 0 Å². The topological polar surface area (TPSA) is 66.4 Å². The van der Waals surface area contributed by atoms with E-state index in [0.29, 0.717) is 12.3 Å². The van der Waals surface area contributed by atoms with E-state index >= 15 is 0 Å². The number of carbonyl (C=O) groups excluding carboxylic acids is 1. The van der Waals surface area contributed by atoms with E-state index < -0.39 is 5.97 Å². The molecule has 0 spiro atoms. The lowest BCUT2D eigenvalue weighted by Crippen LogP contribution is -2.27. The number of hydrogen-bond donors (Lipinski definition) is 2. The van der Waals surface area contributed by atoms with Crippen molar-refractivity contribution < 1.29 is 14.7 Å². The van der Waals surface area contributed by atoms with Gasteiger partial charge in [0.05, 0.1) is 6.42 Å². The molecule has 0 aliphatic rings. The van der Waals surface area contributed by atoms with Gasteiger partial charge in [-0.05, 0) is 12.3 Å². The molecule has 4 heteroatoms. The zero-order valence-corrected chi connectivity index (χ0v) is 10.3. The third-order valence-corrected chi connectivity index (χ3v) is 2.68. The first-order valence-corrected chi connectivity index (χ1v) is 6.08. The fourth-order valence-corrected chi connectivity index (χ4v) is 1.59. The quantitative estimate of drug-likeness (QED) is 0.637. The van der Waals surface area contributed by atoms with Gasteiger partial charge >= 0.3 is 5.97 Å². The van der Waals surface area contributed by atoms with Crippen LogP contribution in [0.2, 0.25) is 0 Å². The van der Waals surface area contributed by atoms with E-state index in [1.807, 2.05) is 0 Å². The summed E-state index contributed by atoms with van der Waals surface area (Å²) in [7, 11) is 0. The average Bonchev–Trinajstić information content (AvgIpc) is 2.23. The molecular weight excluding hydrogens is 206 g/mol. The summed E-state index contributed by atoms with van der Waals surface area (Å²) in [5, 5.41) is 11.1. The molecule has 0 heterocycles. The van der Waals surface area contributed by atoms with Crippen molar-refractivity contribution in [2.24, 2.45) is 5.92 Å². The SMILES string of the molecule is CCCCC(CC)CC(=O)NCCC(=O)O. The van der Waals surface area contributed by atoms with Crippen LogP contribution in [0.4, 0.5) is 0 Å². The molecule has 1 amide bonds. The van der Waals surface area contributed by atoms with Crippen molar-refractivity contribution in [2.45, 2.75) is 52.4 Å². The van der Waals surface area contributed by atoms with E-state index in [2.05, 4.69) is 19.2 Å². The number of aliphatic carboxylic acids is 1. The second-order valence-electron chi connectivity index (χ2n) is 4.11. The van der Waals surface area contributed by atoms with E-state index in [4.69, 9.17) is 5.11 Å².